The number of hydrogen-bond acceptors (Lipinski definition) is 1. The van der Waals surface area contributed by atoms with Gasteiger partial charge in [0.2, 0.25) is 0 Å². The first-order valence-electron chi connectivity index (χ1n) is 5.82. The normalized spacial score (nSPS) is 11.5. The van der Waals surface area contributed by atoms with Crippen molar-refractivity contribution in [2.75, 3.05) is 5.32 Å². The van der Waals surface area contributed by atoms with Crippen LogP contribution in [0.1, 0.15) is 11.1 Å². The first-order valence-corrected chi connectivity index (χ1v) is 6.61. The summed E-state index contributed by atoms with van der Waals surface area (Å²) in [7, 11) is 0. The fraction of sp³-hybridized carbons (Fsp3) is 0.143. The van der Waals surface area contributed by atoms with Crippen molar-refractivity contribution in [1.82, 2.24) is 0 Å². The van der Waals surface area contributed by atoms with Gasteiger partial charge in [-0.05, 0) is 35.9 Å². The summed E-state index contributed by atoms with van der Waals surface area (Å²) in [5.74, 6) is -2.04. The van der Waals surface area contributed by atoms with Crippen molar-refractivity contribution < 1.29 is 22.0 Å². The Bertz CT molecular complexity index is 654. The van der Waals surface area contributed by atoms with Gasteiger partial charge in [-0.3, -0.25) is 0 Å². The molecule has 0 spiro atoms. The highest BCUT2D eigenvalue weighted by Gasteiger charge is 2.33. The molecule has 0 aliphatic heterocycles. The third-order valence-corrected chi connectivity index (χ3v) is 3.25. The zero-order valence-corrected chi connectivity index (χ0v) is 12.0. The van der Waals surface area contributed by atoms with Gasteiger partial charge in [0.05, 0.1) is 5.56 Å². The summed E-state index contributed by atoms with van der Waals surface area (Å²) in [5.41, 5.74) is -0.628. The summed E-state index contributed by atoms with van der Waals surface area (Å²) in [6, 6.07) is 6.67. The molecule has 0 bridgehead atoms. The molecule has 1 nitrogen and oxygen atoms in total. The molecule has 0 aliphatic rings. The first kappa shape index (κ1) is 15.8. The standard InChI is InChI=1S/C14H9BrF5N/c15-9-2-3-10(14(18,19)20)13(6-9)21-7-8-1-4-11(16)12(17)5-8/h1-6,21H,7H2. The van der Waals surface area contributed by atoms with E-state index >= 15 is 0 Å². The molecule has 112 valence electrons. The zero-order valence-electron chi connectivity index (χ0n) is 10.4. The maximum absolute atomic E-state index is 13.0. The van der Waals surface area contributed by atoms with E-state index in [0.29, 0.717) is 10.0 Å². The van der Waals surface area contributed by atoms with Crippen LogP contribution >= 0.6 is 15.9 Å². The minimum absolute atomic E-state index is 0.0588. The Morgan fingerprint density at radius 2 is 1.67 bits per heavy atom. The fourth-order valence-electron chi connectivity index (χ4n) is 1.76. The molecule has 0 saturated heterocycles. The lowest BCUT2D eigenvalue weighted by molar-refractivity contribution is -0.137. The molecular formula is C14H9BrF5N. The van der Waals surface area contributed by atoms with E-state index < -0.39 is 23.4 Å². The van der Waals surface area contributed by atoms with Crippen molar-refractivity contribution in [3.8, 4) is 0 Å². The molecule has 7 heteroatoms. The highest BCUT2D eigenvalue weighted by atomic mass is 79.9. The first-order chi connectivity index (χ1) is 9.77. The second-order valence-electron chi connectivity index (χ2n) is 4.29. The van der Waals surface area contributed by atoms with Gasteiger partial charge in [0.25, 0.3) is 0 Å². The second-order valence-corrected chi connectivity index (χ2v) is 5.21. The van der Waals surface area contributed by atoms with Crippen LogP contribution < -0.4 is 5.32 Å². The molecule has 21 heavy (non-hydrogen) atoms. The lowest BCUT2D eigenvalue weighted by Crippen LogP contribution is -2.11. The van der Waals surface area contributed by atoms with E-state index in [2.05, 4.69) is 21.2 Å². The Morgan fingerprint density at radius 1 is 0.952 bits per heavy atom. The number of alkyl halides is 3. The summed E-state index contributed by atoms with van der Waals surface area (Å²) >= 11 is 3.09. The van der Waals surface area contributed by atoms with Crippen LogP contribution in [0.25, 0.3) is 0 Å². The molecule has 0 unspecified atom stereocenters. The average Bonchev–Trinajstić information content (AvgIpc) is 2.39. The highest BCUT2D eigenvalue weighted by molar-refractivity contribution is 9.10. The molecule has 0 saturated carbocycles. The lowest BCUT2D eigenvalue weighted by atomic mass is 10.1. The van der Waals surface area contributed by atoms with E-state index in [4.69, 9.17) is 0 Å². The fourth-order valence-corrected chi connectivity index (χ4v) is 2.12. The Balaban J connectivity index is 2.23. The highest BCUT2D eigenvalue weighted by Crippen LogP contribution is 2.36. The van der Waals surface area contributed by atoms with Gasteiger partial charge in [0.15, 0.2) is 11.6 Å². The van der Waals surface area contributed by atoms with Crippen molar-refractivity contribution >= 4 is 21.6 Å². The maximum atomic E-state index is 13.0. The molecule has 0 radical (unpaired) electrons. The van der Waals surface area contributed by atoms with Crippen LogP contribution in [0.3, 0.4) is 0 Å². The molecule has 0 amide bonds. The third-order valence-electron chi connectivity index (χ3n) is 2.75. The van der Waals surface area contributed by atoms with Crippen molar-refractivity contribution in [3.05, 3.63) is 63.6 Å². The molecule has 0 heterocycles. The van der Waals surface area contributed by atoms with Crippen molar-refractivity contribution in [3.63, 3.8) is 0 Å². The smallest absolute Gasteiger partial charge is 0.380 e. The largest absolute Gasteiger partial charge is 0.418 e. The third kappa shape index (κ3) is 3.93. The Morgan fingerprint density at radius 3 is 2.29 bits per heavy atom. The number of hydrogen-bond donors (Lipinski definition) is 1. The molecule has 2 aromatic rings. The maximum Gasteiger partial charge on any atom is 0.418 e. The van der Waals surface area contributed by atoms with Gasteiger partial charge >= 0.3 is 6.18 Å². The Kier molecular flexibility index (Phi) is 4.51. The van der Waals surface area contributed by atoms with Crippen LogP contribution in [0.5, 0.6) is 0 Å². The van der Waals surface area contributed by atoms with Gasteiger partial charge in [0.1, 0.15) is 0 Å². The lowest BCUT2D eigenvalue weighted by Gasteiger charge is -2.15. The quantitative estimate of drug-likeness (QED) is 0.722. The molecule has 2 aromatic carbocycles. The summed E-state index contributed by atoms with van der Waals surface area (Å²) in [6.07, 6.45) is -4.50. The van der Waals surface area contributed by atoms with E-state index in [-0.39, 0.29) is 12.2 Å². The molecule has 2 rings (SSSR count). The van der Waals surface area contributed by atoms with Gasteiger partial charge in [-0.1, -0.05) is 22.0 Å². The minimum Gasteiger partial charge on any atom is -0.380 e. The molecular weight excluding hydrogens is 357 g/mol. The van der Waals surface area contributed by atoms with Crippen molar-refractivity contribution in [2.45, 2.75) is 12.7 Å². The molecule has 0 aromatic heterocycles. The number of halogens is 6. The monoisotopic (exact) mass is 365 g/mol. The number of anilines is 1. The van der Waals surface area contributed by atoms with Crippen LogP contribution in [0.2, 0.25) is 0 Å². The van der Waals surface area contributed by atoms with Crippen LogP contribution in [-0.4, -0.2) is 0 Å². The topological polar surface area (TPSA) is 12.0 Å². The van der Waals surface area contributed by atoms with E-state index in [1.807, 2.05) is 0 Å². The Labute approximate surface area is 125 Å². The average molecular weight is 366 g/mol. The van der Waals surface area contributed by atoms with Crippen LogP contribution in [0, 0.1) is 11.6 Å². The number of rotatable bonds is 3. The van der Waals surface area contributed by atoms with Gasteiger partial charge in [-0.25, -0.2) is 8.78 Å². The second kappa shape index (κ2) is 6.01. The number of nitrogens with one attached hydrogen (secondary N) is 1. The molecule has 0 aliphatic carbocycles. The van der Waals surface area contributed by atoms with Crippen molar-refractivity contribution in [1.29, 1.82) is 0 Å². The van der Waals surface area contributed by atoms with E-state index in [1.165, 1.54) is 18.2 Å². The van der Waals surface area contributed by atoms with Crippen LogP contribution in [0.15, 0.2) is 40.9 Å². The minimum atomic E-state index is -4.50. The number of benzene rings is 2. The summed E-state index contributed by atoms with van der Waals surface area (Å²) in [4.78, 5) is 0. The van der Waals surface area contributed by atoms with E-state index in [1.54, 1.807) is 0 Å². The SMILES string of the molecule is Fc1ccc(CNc2cc(Br)ccc2C(F)(F)F)cc1F. The summed E-state index contributed by atoms with van der Waals surface area (Å²) in [5, 5.41) is 2.58. The summed E-state index contributed by atoms with van der Waals surface area (Å²) in [6.45, 7) is -0.0588. The van der Waals surface area contributed by atoms with Crippen LogP contribution in [0.4, 0.5) is 27.6 Å². The van der Waals surface area contributed by atoms with Gasteiger partial charge < -0.3 is 5.32 Å². The zero-order chi connectivity index (χ0) is 15.6. The summed E-state index contributed by atoms with van der Waals surface area (Å²) < 4.78 is 64.9. The predicted molar refractivity (Wildman–Crippen MR) is 72.8 cm³/mol. The van der Waals surface area contributed by atoms with Crippen molar-refractivity contribution in [2.24, 2.45) is 0 Å². The van der Waals surface area contributed by atoms with E-state index in [9.17, 15) is 22.0 Å². The molecule has 1 N–H and O–H groups in total. The van der Waals surface area contributed by atoms with Crippen LogP contribution in [-0.2, 0) is 12.7 Å². The predicted octanol–water partition coefficient (Wildman–Crippen LogP) is 5.36. The Hall–Kier alpha value is -1.63. The van der Waals surface area contributed by atoms with E-state index in [0.717, 1.165) is 18.2 Å². The van der Waals surface area contributed by atoms with Gasteiger partial charge in [0, 0.05) is 16.7 Å². The molecule has 0 atom stereocenters. The van der Waals surface area contributed by atoms with Gasteiger partial charge in [-0.2, -0.15) is 13.2 Å². The van der Waals surface area contributed by atoms with Gasteiger partial charge in [-0.15, -0.1) is 0 Å². The molecule has 0 fully saturated rings.